The highest BCUT2D eigenvalue weighted by Gasteiger charge is 2.12. The summed E-state index contributed by atoms with van der Waals surface area (Å²) < 4.78 is 12.9. The summed E-state index contributed by atoms with van der Waals surface area (Å²) in [7, 11) is 1.77. The molecule has 0 amide bonds. The average Bonchev–Trinajstić information content (AvgIpc) is 2.25. The van der Waals surface area contributed by atoms with E-state index in [9.17, 15) is 9.18 Å². The van der Waals surface area contributed by atoms with Gasteiger partial charge in [-0.2, -0.15) is 0 Å². The number of nitrogens with two attached hydrogens (primary N) is 1. The first-order valence-electron chi connectivity index (χ1n) is 4.96. The smallest absolute Gasteiger partial charge is 0.320 e. The van der Waals surface area contributed by atoms with Gasteiger partial charge in [-0.1, -0.05) is 6.07 Å². The molecule has 88 valence electrons. The van der Waals surface area contributed by atoms with E-state index in [4.69, 9.17) is 10.8 Å². The van der Waals surface area contributed by atoms with Crippen LogP contribution >= 0.6 is 0 Å². The predicted octanol–water partition coefficient (Wildman–Crippen LogP) is 1.06. The van der Waals surface area contributed by atoms with Gasteiger partial charge >= 0.3 is 5.97 Å². The maximum atomic E-state index is 12.9. The van der Waals surface area contributed by atoms with Crippen LogP contribution in [-0.4, -0.2) is 30.7 Å². The molecule has 0 aliphatic rings. The number of hydrogen-bond donors (Lipinski definition) is 2. The molecule has 5 heteroatoms. The minimum Gasteiger partial charge on any atom is -0.480 e. The SMILES string of the molecule is CN(CC[C@H](N)C(=O)O)c1cccc(F)c1. The van der Waals surface area contributed by atoms with Gasteiger partial charge in [0.1, 0.15) is 11.9 Å². The zero-order valence-corrected chi connectivity index (χ0v) is 9.06. The highest BCUT2D eigenvalue weighted by molar-refractivity contribution is 5.73. The molecule has 16 heavy (non-hydrogen) atoms. The van der Waals surface area contributed by atoms with E-state index in [2.05, 4.69) is 0 Å². The van der Waals surface area contributed by atoms with E-state index < -0.39 is 12.0 Å². The second kappa shape index (κ2) is 5.46. The van der Waals surface area contributed by atoms with Gasteiger partial charge in [-0.05, 0) is 24.6 Å². The van der Waals surface area contributed by atoms with Crippen LogP contribution in [0.25, 0.3) is 0 Å². The van der Waals surface area contributed by atoms with Gasteiger partial charge in [0.15, 0.2) is 0 Å². The molecule has 1 aromatic carbocycles. The van der Waals surface area contributed by atoms with Crippen molar-refractivity contribution in [2.24, 2.45) is 5.73 Å². The molecule has 1 atom stereocenters. The first-order chi connectivity index (χ1) is 7.50. The monoisotopic (exact) mass is 226 g/mol. The summed E-state index contributed by atoms with van der Waals surface area (Å²) in [5.41, 5.74) is 6.08. The Morgan fingerprint density at radius 1 is 1.62 bits per heavy atom. The first kappa shape index (κ1) is 12.4. The summed E-state index contributed by atoms with van der Waals surface area (Å²) in [5.74, 6) is -1.33. The summed E-state index contributed by atoms with van der Waals surface area (Å²) >= 11 is 0. The van der Waals surface area contributed by atoms with Gasteiger partial charge in [-0.15, -0.1) is 0 Å². The zero-order chi connectivity index (χ0) is 12.1. The molecule has 4 nitrogen and oxygen atoms in total. The van der Waals surface area contributed by atoms with Gasteiger partial charge in [0, 0.05) is 19.3 Å². The van der Waals surface area contributed by atoms with E-state index in [-0.39, 0.29) is 5.82 Å². The van der Waals surface area contributed by atoms with E-state index in [0.29, 0.717) is 18.7 Å². The van der Waals surface area contributed by atoms with Crippen molar-refractivity contribution < 1.29 is 14.3 Å². The van der Waals surface area contributed by atoms with Gasteiger partial charge in [0.05, 0.1) is 0 Å². The van der Waals surface area contributed by atoms with Crippen molar-refractivity contribution in [1.29, 1.82) is 0 Å². The van der Waals surface area contributed by atoms with Crippen molar-refractivity contribution >= 4 is 11.7 Å². The summed E-state index contributed by atoms with van der Waals surface area (Å²) in [4.78, 5) is 12.3. The third kappa shape index (κ3) is 3.51. The zero-order valence-electron chi connectivity index (χ0n) is 9.06. The largest absolute Gasteiger partial charge is 0.480 e. The topological polar surface area (TPSA) is 66.6 Å². The summed E-state index contributed by atoms with van der Waals surface area (Å²) in [5, 5.41) is 8.61. The Kier molecular flexibility index (Phi) is 4.25. The lowest BCUT2D eigenvalue weighted by Crippen LogP contribution is -2.34. The summed E-state index contributed by atoms with van der Waals surface area (Å²) in [6.07, 6.45) is 0.322. The number of hydrogen-bond acceptors (Lipinski definition) is 3. The number of carboxylic acid groups (broad SMARTS) is 1. The normalized spacial score (nSPS) is 12.2. The van der Waals surface area contributed by atoms with Crippen LogP contribution in [0.1, 0.15) is 6.42 Å². The van der Waals surface area contributed by atoms with Crippen molar-refractivity contribution in [3.05, 3.63) is 30.1 Å². The number of anilines is 1. The fourth-order valence-electron chi connectivity index (χ4n) is 1.30. The molecule has 1 aromatic rings. The van der Waals surface area contributed by atoms with Crippen LogP contribution in [0.5, 0.6) is 0 Å². The molecular weight excluding hydrogens is 211 g/mol. The van der Waals surface area contributed by atoms with Gasteiger partial charge in [-0.25, -0.2) is 4.39 Å². The van der Waals surface area contributed by atoms with Crippen LogP contribution in [0.4, 0.5) is 10.1 Å². The van der Waals surface area contributed by atoms with E-state index >= 15 is 0 Å². The van der Waals surface area contributed by atoms with Gasteiger partial charge < -0.3 is 15.7 Å². The standard InChI is InChI=1S/C11H15FN2O2/c1-14(6-5-10(13)11(15)16)9-4-2-3-8(12)7-9/h2-4,7,10H,5-6,13H2,1H3,(H,15,16)/t10-/m0/s1. The fourth-order valence-corrected chi connectivity index (χ4v) is 1.30. The van der Waals surface area contributed by atoms with Crippen LogP contribution in [-0.2, 0) is 4.79 Å². The van der Waals surface area contributed by atoms with Crippen LogP contribution < -0.4 is 10.6 Å². The number of nitrogens with zero attached hydrogens (tertiary/aromatic N) is 1. The Labute approximate surface area is 93.5 Å². The number of rotatable bonds is 5. The van der Waals surface area contributed by atoms with E-state index in [1.807, 2.05) is 0 Å². The fraction of sp³-hybridized carbons (Fsp3) is 0.364. The van der Waals surface area contributed by atoms with Gasteiger partial charge in [0.2, 0.25) is 0 Å². The molecule has 0 heterocycles. The minimum atomic E-state index is -1.02. The van der Waals surface area contributed by atoms with Crippen LogP contribution in [0.3, 0.4) is 0 Å². The predicted molar refractivity (Wildman–Crippen MR) is 59.9 cm³/mol. The minimum absolute atomic E-state index is 0.313. The molecule has 0 aliphatic heterocycles. The molecule has 3 N–H and O–H groups in total. The Morgan fingerprint density at radius 3 is 2.88 bits per heavy atom. The molecular formula is C11H15FN2O2. The summed E-state index contributed by atoms with van der Waals surface area (Å²) in [6, 6.07) is 5.25. The van der Waals surface area contributed by atoms with Gasteiger partial charge in [-0.3, -0.25) is 4.79 Å². The van der Waals surface area contributed by atoms with E-state index in [1.54, 1.807) is 24.1 Å². The Bertz CT molecular complexity index is 371. The molecule has 0 saturated carbocycles. The van der Waals surface area contributed by atoms with Crippen molar-refractivity contribution in [2.45, 2.75) is 12.5 Å². The number of halogens is 1. The number of benzene rings is 1. The van der Waals surface area contributed by atoms with Crippen LogP contribution in [0, 0.1) is 5.82 Å². The summed E-state index contributed by atoms with van der Waals surface area (Å²) in [6.45, 7) is 0.469. The first-order valence-corrected chi connectivity index (χ1v) is 4.96. The second-order valence-corrected chi connectivity index (χ2v) is 3.63. The number of carbonyl (C=O) groups is 1. The average molecular weight is 226 g/mol. The van der Waals surface area contributed by atoms with Crippen molar-refractivity contribution in [2.75, 3.05) is 18.5 Å². The molecule has 0 bridgehead atoms. The third-order valence-corrected chi connectivity index (χ3v) is 2.34. The maximum Gasteiger partial charge on any atom is 0.320 e. The van der Waals surface area contributed by atoms with Crippen LogP contribution in [0.2, 0.25) is 0 Å². The van der Waals surface area contributed by atoms with Crippen molar-refractivity contribution in [3.63, 3.8) is 0 Å². The van der Waals surface area contributed by atoms with E-state index in [1.165, 1.54) is 12.1 Å². The molecule has 1 rings (SSSR count). The van der Waals surface area contributed by atoms with Crippen molar-refractivity contribution in [1.82, 2.24) is 0 Å². The second-order valence-electron chi connectivity index (χ2n) is 3.63. The lowest BCUT2D eigenvalue weighted by molar-refractivity contribution is -0.138. The van der Waals surface area contributed by atoms with Crippen LogP contribution in [0.15, 0.2) is 24.3 Å². The van der Waals surface area contributed by atoms with Crippen molar-refractivity contribution in [3.8, 4) is 0 Å². The molecule has 0 fully saturated rings. The Hall–Kier alpha value is -1.62. The highest BCUT2D eigenvalue weighted by atomic mass is 19.1. The Morgan fingerprint density at radius 2 is 2.31 bits per heavy atom. The highest BCUT2D eigenvalue weighted by Crippen LogP contribution is 2.14. The molecule has 0 spiro atoms. The lowest BCUT2D eigenvalue weighted by atomic mass is 10.2. The quantitative estimate of drug-likeness (QED) is 0.788. The van der Waals surface area contributed by atoms with E-state index in [0.717, 1.165) is 0 Å². The number of aliphatic carboxylic acids is 1. The Balaban J connectivity index is 2.52. The van der Waals surface area contributed by atoms with Gasteiger partial charge in [0.25, 0.3) is 0 Å². The molecule has 0 radical (unpaired) electrons. The molecule has 0 unspecified atom stereocenters. The lowest BCUT2D eigenvalue weighted by Gasteiger charge is -2.20. The third-order valence-electron chi connectivity index (χ3n) is 2.34. The molecule has 0 aliphatic carbocycles. The maximum absolute atomic E-state index is 12.9. The molecule has 0 saturated heterocycles. The number of carboxylic acids is 1. The molecule has 0 aromatic heterocycles.